The fraction of sp³-hybridized carbons (Fsp3) is 0.429. The van der Waals surface area contributed by atoms with Crippen LogP contribution in [-0.4, -0.2) is 25.1 Å². The van der Waals surface area contributed by atoms with E-state index in [2.05, 4.69) is 11.9 Å². The maximum atomic E-state index is 12.3. The summed E-state index contributed by atoms with van der Waals surface area (Å²) < 4.78 is 16.9. The molecule has 0 saturated carbocycles. The average Bonchev–Trinajstić information content (AvgIpc) is 3.20. The molecular formula is C28H35NO4. The number of nitrogens with zero attached hydrogens (tertiary/aromatic N) is 1. The van der Waals surface area contributed by atoms with Crippen molar-refractivity contribution in [2.24, 2.45) is 4.99 Å². The van der Waals surface area contributed by atoms with Crippen molar-refractivity contribution >= 4 is 17.9 Å². The molecule has 0 amide bonds. The third-order valence-corrected chi connectivity index (χ3v) is 5.50. The van der Waals surface area contributed by atoms with Gasteiger partial charge in [0.15, 0.2) is 5.70 Å². The Bertz CT molecular complexity index is 947. The summed E-state index contributed by atoms with van der Waals surface area (Å²) in [5.41, 5.74) is 1.79. The molecule has 0 bridgehead atoms. The van der Waals surface area contributed by atoms with E-state index in [1.165, 1.54) is 44.9 Å². The van der Waals surface area contributed by atoms with Crippen LogP contribution in [0.4, 0.5) is 0 Å². The topological polar surface area (TPSA) is 57.1 Å². The van der Waals surface area contributed by atoms with Crippen LogP contribution in [-0.2, 0) is 9.53 Å². The minimum atomic E-state index is -0.466. The lowest BCUT2D eigenvalue weighted by atomic mass is 10.1. The molecule has 2 aromatic carbocycles. The highest BCUT2D eigenvalue weighted by Crippen LogP contribution is 2.25. The van der Waals surface area contributed by atoms with Crippen molar-refractivity contribution in [1.82, 2.24) is 0 Å². The first-order valence-corrected chi connectivity index (χ1v) is 12.2. The fourth-order valence-corrected chi connectivity index (χ4v) is 3.69. The normalized spacial score (nSPS) is 14.3. The van der Waals surface area contributed by atoms with E-state index < -0.39 is 5.97 Å². The third kappa shape index (κ3) is 7.77. The predicted molar refractivity (Wildman–Crippen MR) is 133 cm³/mol. The number of rotatable bonds is 14. The van der Waals surface area contributed by atoms with Gasteiger partial charge in [-0.15, -0.1) is 0 Å². The minimum absolute atomic E-state index is 0.257. The molecule has 0 aliphatic carbocycles. The lowest BCUT2D eigenvalue weighted by Gasteiger charge is -2.07. The number of para-hydroxylation sites is 1. The second-order valence-electron chi connectivity index (χ2n) is 8.15. The average molecular weight is 450 g/mol. The summed E-state index contributed by atoms with van der Waals surface area (Å²) in [6.45, 7) is 5.44. The van der Waals surface area contributed by atoms with Crippen LogP contribution in [0.5, 0.6) is 11.5 Å². The standard InChI is InChI=1S/C28H35NO4/c1-3-5-6-7-8-9-10-13-20-32-24-18-16-22(17-19-24)27-29-25(28(30)33-27)21-23-14-11-12-15-26(23)31-4-2/h11-12,14-19,21H,3-10,13,20H2,1-2H3. The number of cyclic esters (lactones) is 1. The van der Waals surface area contributed by atoms with Gasteiger partial charge < -0.3 is 14.2 Å². The molecule has 2 aromatic rings. The maximum absolute atomic E-state index is 12.3. The van der Waals surface area contributed by atoms with Gasteiger partial charge in [0, 0.05) is 11.1 Å². The third-order valence-electron chi connectivity index (χ3n) is 5.50. The van der Waals surface area contributed by atoms with Crippen molar-refractivity contribution in [3.8, 4) is 11.5 Å². The molecule has 0 unspecified atom stereocenters. The molecule has 1 aliphatic heterocycles. The van der Waals surface area contributed by atoms with Gasteiger partial charge in [-0.25, -0.2) is 9.79 Å². The van der Waals surface area contributed by atoms with Gasteiger partial charge in [-0.2, -0.15) is 0 Å². The molecule has 1 aliphatic rings. The van der Waals surface area contributed by atoms with E-state index in [1.807, 2.05) is 55.5 Å². The molecule has 5 nitrogen and oxygen atoms in total. The van der Waals surface area contributed by atoms with Crippen molar-refractivity contribution < 1.29 is 19.0 Å². The van der Waals surface area contributed by atoms with Crippen LogP contribution in [0.3, 0.4) is 0 Å². The molecule has 0 radical (unpaired) electrons. The number of hydrogen-bond acceptors (Lipinski definition) is 5. The monoisotopic (exact) mass is 449 g/mol. The van der Waals surface area contributed by atoms with E-state index in [0.29, 0.717) is 18.3 Å². The van der Waals surface area contributed by atoms with Gasteiger partial charge in [0.1, 0.15) is 11.5 Å². The van der Waals surface area contributed by atoms with Crippen LogP contribution < -0.4 is 9.47 Å². The predicted octanol–water partition coefficient (Wildman–Crippen LogP) is 6.95. The number of unbranched alkanes of at least 4 members (excludes halogenated alkanes) is 7. The molecule has 33 heavy (non-hydrogen) atoms. The van der Waals surface area contributed by atoms with Crippen molar-refractivity contribution in [3.63, 3.8) is 0 Å². The Hall–Kier alpha value is -3.08. The SMILES string of the molecule is CCCCCCCCCCOc1ccc(C2=NC(=Cc3ccccc3OCC)C(=O)O2)cc1. The summed E-state index contributed by atoms with van der Waals surface area (Å²) in [5.74, 6) is 1.36. The summed E-state index contributed by atoms with van der Waals surface area (Å²) in [6, 6.07) is 15.1. The summed E-state index contributed by atoms with van der Waals surface area (Å²) in [7, 11) is 0. The first kappa shape index (κ1) is 24.6. The van der Waals surface area contributed by atoms with Crippen LogP contribution in [0, 0.1) is 0 Å². The number of aliphatic imine (C=N–C) groups is 1. The largest absolute Gasteiger partial charge is 0.494 e. The highest BCUT2D eigenvalue weighted by molar-refractivity contribution is 6.13. The van der Waals surface area contributed by atoms with Crippen LogP contribution in [0.2, 0.25) is 0 Å². The summed E-state index contributed by atoms with van der Waals surface area (Å²) in [6.07, 6.45) is 11.9. The van der Waals surface area contributed by atoms with E-state index >= 15 is 0 Å². The van der Waals surface area contributed by atoms with Gasteiger partial charge in [0.05, 0.1) is 13.2 Å². The van der Waals surface area contributed by atoms with E-state index in [9.17, 15) is 4.79 Å². The van der Waals surface area contributed by atoms with Gasteiger partial charge in [-0.05, 0) is 49.8 Å². The smallest absolute Gasteiger partial charge is 0.363 e. The van der Waals surface area contributed by atoms with Gasteiger partial charge in [0.2, 0.25) is 5.90 Å². The van der Waals surface area contributed by atoms with Gasteiger partial charge in [0.25, 0.3) is 0 Å². The van der Waals surface area contributed by atoms with Crippen molar-refractivity contribution in [2.75, 3.05) is 13.2 Å². The fourth-order valence-electron chi connectivity index (χ4n) is 3.69. The molecule has 0 atom stereocenters. The number of hydrogen-bond donors (Lipinski definition) is 0. The molecule has 176 valence electrons. The van der Waals surface area contributed by atoms with E-state index in [4.69, 9.17) is 14.2 Å². The van der Waals surface area contributed by atoms with Gasteiger partial charge >= 0.3 is 5.97 Å². The molecule has 0 spiro atoms. The molecule has 0 fully saturated rings. The van der Waals surface area contributed by atoms with E-state index in [1.54, 1.807) is 6.08 Å². The number of esters is 1. The highest BCUT2D eigenvalue weighted by Gasteiger charge is 2.24. The van der Waals surface area contributed by atoms with Crippen molar-refractivity contribution in [1.29, 1.82) is 0 Å². The lowest BCUT2D eigenvalue weighted by Crippen LogP contribution is -2.05. The van der Waals surface area contributed by atoms with Crippen molar-refractivity contribution in [3.05, 3.63) is 65.4 Å². The Kier molecular flexibility index (Phi) is 10.0. The second kappa shape index (κ2) is 13.5. The first-order valence-electron chi connectivity index (χ1n) is 12.2. The Morgan fingerprint density at radius 2 is 1.55 bits per heavy atom. The van der Waals surface area contributed by atoms with Crippen LogP contribution in [0.1, 0.15) is 76.3 Å². The minimum Gasteiger partial charge on any atom is -0.494 e. The zero-order chi connectivity index (χ0) is 23.3. The van der Waals surface area contributed by atoms with Gasteiger partial charge in [-0.1, -0.05) is 70.1 Å². The maximum Gasteiger partial charge on any atom is 0.363 e. The van der Waals surface area contributed by atoms with Gasteiger partial charge in [-0.3, -0.25) is 0 Å². The first-order chi connectivity index (χ1) is 16.2. The number of carbonyl (C=O) groups is 1. The molecule has 5 heteroatoms. The number of carbonyl (C=O) groups excluding carboxylic acids is 1. The zero-order valence-corrected chi connectivity index (χ0v) is 19.8. The van der Waals surface area contributed by atoms with Crippen LogP contribution in [0.25, 0.3) is 6.08 Å². The second-order valence-corrected chi connectivity index (χ2v) is 8.15. The van der Waals surface area contributed by atoms with Crippen LogP contribution in [0.15, 0.2) is 59.2 Å². The van der Waals surface area contributed by atoms with E-state index in [-0.39, 0.29) is 5.70 Å². The number of benzene rings is 2. The van der Waals surface area contributed by atoms with E-state index in [0.717, 1.165) is 29.9 Å². The Labute approximate surface area is 197 Å². The van der Waals surface area contributed by atoms with Crippen molar-refractivity contribution in [2.45, 2.75) is 65.2 Å². The molecule has 3 rings (SSSR count). The Morgan fingerprint density at radius 3 is 2.27 bits per heavy atom. The molecular weight excluding hydrogens is 414 g/mol. The Morgan fingerprint density at radius 1 is 0.848 bits per heavy atom. The summed E-state index contributed by atoms with van der Waals surface area (Å²) in [5, 5.41) is 0. The highest BCUT2D eigenvalue weighted by atomic mass is 16.6. The number of ether oxygens (including phenoxy) is 3. The lowest BCUT2D eigenvalue weighted by molar-refractivity contribution is -0.129. The summed E-state index contributed by atoms with van der Waals surface area (Å²) >= 11 is 0. The Balaban J connectivity index is 1.50. The summed E-state index contributed by atoms with van der Waals surface area (Å²) in [4.78, 5) is 16.7. The van der Waals surface area contributed by atoms with Crippen LogP contribution >= 0.6 is 0 Å². The quantitative estimate of drug-likeness (QED) is 0.178. The molecule has 1 heterocycles. The molecule has 0 aromatic heterocycles. The zero-order valence-electron chi connectivity index (χ0n) is 19.8. The molecule has 0 N–H and O–H groups in total. The molecule has 0 saturated heterocycles.